The second-order valence-electron chi connectivity index (χ2n) is 5.25. The van der Waals surface area contributed by atoms with Crippen LogP contribution < -0.4 is 5.32 Å². The molecule has 7 heteroatoms. The zero-order valence-corrected chi connectivity index (χ0v) is 12.6. The topological polar surface area (TPSA) is 75.5 Å². The fourth-order valence-corrected chi connectivity index (χ4v) is 2.71. The molecule has 0 saturated carbocycles. The molecule has 1 saturated heterocycles. The largest absolute Gasteiger partial charge is 0.340 e. The molecule has 0 radical (unpaired) electrons. The molecule has 1 N–H and O–H groups in total. The molecule has 114 valence electrons. The van der Waals surface area contributed by atoms with E-state index in [2.05, 4.69) is 5.32 Å². The summed E-state index contributed by atoms with van der Waals surface area (Å²) in [6.45, 7) is 1.48. The van der Waals surface area contributed by atoms with Crippen LogP contribution in [-0.2, 0) is 0 Å². The molecule has 0 bridgehead atoms. The maximum Gasteiger partial charge on any atom is 0.282 e. The second kappa shape index (κ2) is 6.87. The number of hydrogen-bond acceptors (Lipinski definition) is 4. The summed E-state index contributed by atoms with van der Waals surface area (Å²) in [6, 6.07) is 4.28. The van der Waals surface area contributed by atoms with Crippen molar-refractivity contribution in [3.05, 3.63) is 38.9 Å². The van der Waals surface area contributed by atoms with Crippen LogP contribution in [0.2, 0.25) is 5.02 Å². The molecule has 1 amide bonds. The van der Waals surface area contributed by atoms with Gasteiger partial charge in [0.05, 0.1) is 4.92 Å². The van der Waals surface area contributed by atoms with E-state index in [4.69, 9.17) is 11.6 Å². The molecule has 6 nitrogen and oxygen atoms in total. The van der Waals surface area contributed by atoms with E-state index in [1.54, 1.807) is 7.05 Å². The van der Waals surface area contributed by atoms with E-state index in [1.807, 2.05) is 0 Å². The number of nitrogens with one attached hydrogen (secondary N) is 1. The minimum Gasteiger partial charge on any atom is -0.340 e. The Morgan fingerprint density at radius 1 is 1.52 bits per heavy atom. The summed E-state index contributed by atoms with van der Waals surface area (Å²) in [5.41, 5.74) is -0.182. The molecule has 1 aliphatic rings. The zero-order valence-electron chi connectivity index (χ0n) is 11.8. The van der Waals surface area contributed by atoms with Crippen LogP contribution in [0.3, 0.4) is 0 Å². The van der Waals surface area contributed by atoms with Gasteiger partial charge in [-0.25, -0.2) is 0 Å². The van der Waals surface area contributed by atoms with Gasteiger partial charge in [0.25, 0.3) is 11.6 Å². The molecule has 2 rings (SSSR count). The number of amides is 1. The Morgan fingerprint density at radius 2 is 2.29 bits per heavy atom. The number of likely N-dealkylation sites (N-methyl/N-ethyl adjacent to an activating group) is 1. The molecule has 0 aromatic heterocycles. The van der Waals surface area contributed by atoms with Crippen molar-refractivity contribution in [3.8, 4) is 0 Å². The van der Waals surface area contributed by atoms with E-state index in [0.29, 0.717) is 11.6 Å². The summed E-state index contributed by atoms with van der Waals surface area (Å²) in [5.74, 6) is -0.378. The van der Waals surface area contributed by atoms with Crippen molar-refractivity contribution in [2.45, 2.75) is 25.3 Å². The molecule has 1 unspecified atom stereocenters. The summed E-state index contributed by atoms with van der Waals surface area (Å²) >= 11 is 5.86. The van der Waals surface area contributed by atoms with Crippen LogP contribution in [0.4, 0.5) is 5.69 Å². The fourth-order valence-electron chi connectivity index (χ4n) is 2.54. The maximum atomic E-state index is 12.4. The van der Waals surface area contributed by atoms with E-state index in [-0.39, 0.29) is 23.2 Å². The fraction of sp³-hybridized carbons (Fsp3) is 0.500. The van der Waals surface area contributed by atoms with Crippen molar-refractivity contribution in [2.24, 2.45) is 0 Å². The summed E-state index contributed by atoms with van der Waals surface area (Å²) in [5, 5.41) is 14.7. The van der Waals surface area contributed by atoms with Crippen LogP contribution in [0.1, 0.15) is 29.6 Å². The van der Waals surface area contributed by atoms with Crippen LogP contribution in [0.5, 0.6) is 0 Å². The second-order valence-corrected chi connectivity index (χ2v) is 5.69. The molecule has 1 aromatic carbocycles. The quantitative estimate of drug-likeness (QED) is 0.684. The number of carbonyl (C=O) groups excluding carboxylic acids is 1. The number of piperidine rings is 1. The highest BCUT2D eigenvalue weighted by atomic mass is 35.5. The summed E-state index contributed by atoms with van der Waals surface area (Å²) < 4.78 is 0. The van der Waals surface area contributed by atoms with Gasteiger partial charge in [0.2, 0.25) is 0 Å². The number of rotatable bonds is 4. The van der Waals surface area contributed by atoms with Crippen LogP contribution in [0, 0.1) is 10.1 Å². The van der Waals surface area contributed by atoms with Gasteiger partial charge in [-0.15, -0.1) is 0 Å². The first-order valence-electron chi connectivity index (χ1n) is 6.92. The average molecular weight is 312 g/mol. The monoisotopic (exact) mass is 311 g/mol. The number of halogens is 1. The highest BCUT2D eigenvalue weighted by Gasteiger charge is 2.25. The van der Waals surface area contributed by atoms with Gasteiger partial charge in [-0.2, -0.15) is 0 Å². The summed E-state index contributed by atoms with van der Waals surface area (Å²) in [4.78, 5) is 24.4. The normalized spacial score (nSPS) is 18.3. The third kappa shape index (κ3) is 3.92. The van der Waals surface area contributed by atoms with Gasteiger partial charge >= 0.3 is 0 Å². The van der Waals surface area contributed by atoms with Gasteiger partial charge in [0, 0.05) is 30.7 Å². The first-order valence-corrected chi connectivity index (χ1v) is 7.29. The maximum absolute atomic E-state index is 12.4. The predicted octanol–water partition coefficient (Wildman–Crippen LogP) is 2.46. The lowest BCUT2D eigenvalue weighted by molar-refractivity contribution is -0.385. The van der Waals surface area contributed by atoms with E-state index < -0.39 is 4.92 Å². The van der Waals surface area contributed by atoms with Crippen LogP contribution in [-0.4, -0.2) is 41.9 Å². The van der Waals surface area contributed by atoms with Crippen LogP contribution >= 0.6 is 11.6 Å². The molecule has 0 spiro atoms. The minimum atomic E-state index is -0.559. The van der Waals surface area contributed by atoms with E-state index >= 15 is 0 Å². The summed E-state index contributed by atoms with van der Waals surface area (Å²) in [6.07, 6.45) is 3.29. The Kier molecular flexibility index (Phi) is 5.14. The molecule has 21 heavy (non-hydrogen) atoms. The first-order chi connectivity index (χ1) is 9.99. The lowest BCUT2D eigenvalue weighted by atomic mass is 10.0. The van der Waals surface area contributed by atoms with Gasteiger partial charge in [0.15, 0.2) is 0 Å². The Balaban J connectivity index is 2.14. The van der Waals surface area contributed by atoms with Crippen molar-refractivity contribution < 1.29 is 9.72 Å². The number of carbonyl (C=O) groups is 1. The van der Waals surface area contributed by atoms with E-state index in [1.165, 1.54) is 23.1 Å². The van der Waals surface area contributed by atoms with Crippen molar-refractivity contribution in [1.29, 1.82) is 0 Å². The molecule has 0 aliphatic carbocycles. The third-order valence-corrected chi connectivity index (χ3v) is 3.87. The van der Waals surface area contributed by atoms with Gasteiger partial charge in [-0.1, -0.05) is 18.0 Å². The molecule has 1 atom stereocenters. The van der Waals surface area contributed by atoms with Crippen molar-refractivity contribution in [3.63, 3.8) is 0 Å². The average Bonchev–Trinajstić information content (AvgIpc) is 2.47. The summed E-state index contributed by atoms with van der Waals surface area (Å²) in [7, 11) is 1.66. The van der Waals surface area contributed by atoms with Gasteiger partial charge in [-0.05, 0) is 31.5 Å². The van der Waals surface area contributed by atoms with E-state index in [0.717, 1.165) is 25.8 Å². The lowest BCUT2D eigenvalue weighted by Crippen LogP contribution is -2.44. The van der Waals surface area contributed by atoms with E-state index in [9.17, 15) is 14.9 Å². The predicted molar refractivity (Wildman–Crippen MR) is 80.7 cm³/mol. The molecule has 1 heterocycles. The molecule has 1 aliphatic heterocycles. The Morgan fingerprint density at radius 3 is 2.90 bits per heavy atom. The zero-order chi connectivity index (χ0) is 15.4. The third-order valence-electron chi connectivity index (χ3n) is 3.64. The van der Waals surface area contributed by atoms with Crippen LogP contribution in [0.25, 0.3) is 0 Å². The van der Waals surface area contributed by atoms with Crippen molar-refractivity contribution in [1.82, 2.24) is 10.2 Å². The number of benzene rings is 1. The smallest absolute Gasteiger partial charge is 0.282 e. The molecule has 1 fully saturated rings. The van der Waals surface area contributed by atoms with Gasteiger partial charge in [-0.3, -0.25) is 14.9 Å². The minimum absolute atomic E-state index is 0.0332. The van der Waals surface area contributed by atoms with Crippen molar-refractivity contribution >= 4 is 23.2 Å². The van der Waals surface area contributed by atoms with Crippen LogP contribution in [0.15, 0.2) is 18.2 Å². The molecule has 1 aromatic rings. The first kappa shape index (κ1) is 15.7. The lowest BCUT2D eigenvalue weighted by Gasteiger charge is -2.28. The highest BCUT2D eigenvalue weighted by molar-refractivity contribution is 6.31. The SMILES string of the molecule is CN(CC1CCCCN1)C(=O)c1cc(Cl)ccc1[N+](=O)[O-]. The Bertz CT molecular complexity index is 544. The van der Waals surface area contributed by atoms with Gasteiger partial charge < -0.3 is 10.2 Å². The van der Waals surface area contributed by atoms with Gasteiger partial charge in [0.1, 0.15) is 5.56 Å². The Labute approximate surface area is 128 Å². The Hall–Kier alpha value is -1.66. The number of hydrogen-bond donors (Lipinski definition) is 1. The number of nitro groups is 1. The molecular weight excluding hydrogens is 294 g/mol. The standard InChI is InChI=1S/C14H18ClN3O3/c1-17(9-11-4-2-3-7-16-11)14(19)12-8-10(15)5-6-13(12)18(20)21/h5-6,8,11,16H,2-4,7,9H2,1H3. The molecular formula is C14H18ClN3O3. The van der Waals surface area contributed by atoms with Crippen molar-refractivity contribution in [2.75, 3.05) is 20.1 Å². The number of nitro benzene ring substituents is 1. The highest BCUT2D eigenvalue weighted by Crippen LogP contribution is 2.24. The number of nitrogens with zero attached hydrogens (tertiary/aromatic N) is 2.